The Morgan fingerprint density at radius 1 is 1.45 bits per heavy atom. The van der Waals surface area contributed by atoms with Crippen LogP contribution in [-0.2, 0) is 13.0 Å². The third-order valence-electron chi connectivity index (χ3n) is 3.55. The normalized spacial score (nSPS) is 16.8. The molecule has 0 radical (unpaired) electrons. The van der Waals surface area contributed by atoms with Gasteiger partial charge in [-0.05, 0) is 18.8 Å². The molecule has 0 aliphatic heterocycles. The van der Waals surface area contributed by atoms with Gasteiger partial charge < -0.3 is 5.11 Å². The molecular formula is C13H20N6O. The highest BCUT2D eigenvalue weighted by molar-refractivity contribution is 5.00. The molecule has 2 aromatic rings. The Labute approximate surface area is 117 Å². The number of hydrogen-bond donors (Lipinski definition) is 2. The van der Waals surface area contributed by atoms with E-state index in [4.69, 9.17) is 0 Å². The first-order chi connectivity index (χ1) is 9.61. The van der Waals surface area contributed by atoms with E-state index in [2.05, 4.69) is 39.3 Å². The number of hydrogen-bond acceptors (Lipinski definition) is 5. The van der Waals surface area contributed by atoms with Crippen molar-refractivity contribution < 1.29 is 5.11 Å². The van der Waals surface area contributed by atoms with Crippen LogP contribution >= 0.6 is 0 Å². The van der Waals surface area contributed by atoms with Crippen LogP contribution in [0.25, 0.3) is 0 Å². The summed E-state index contributed by atoms with van der Waals surface area (Å²) in [4.78, 5) is 4.41. The second kappa shape index (κ2) is 5.32. The van der Waals surface area contributed by atoms with Gasteiger partial charge in [0.05, 0.1) is 11.8 Å². The average molecular weight is 276 g/mol. The van der Waals surface area contributed by atoms with Gasteiger partial charge in [0.15, 0.2) is 5.82 Å². The first-order valence-corrected chi connectivity index (χ1v) is 7.10. The smallest absolute Gasteiger partial charge is 0.153 e. The van der Waals surface area contributed by atoms with Crippen molar-refractivity contribution in [3.63, 3.8) is 0 Å². The molecular weight excluding hydrogens is 256 g/mol. The van der Waals surface area contributed by atoms with Crippen LogP contribution in [0, 0.1) is 5.92 Å². The van der Waals surface area contributed by atoms with Gasteiger partial charge >= 0.3 is 0 Å². The fourth-order valence-corrected chi connectivity index (χ4v) is 2.16. The average Bonchev–Trinajstić information content (AvgIpc) is 3.01. The van der Waals surface area contributed by atoms with Gasteiger partial charge in [0.25, 0.3) is 0 Å². The van der Waals surface area contributed by atoms with Crippen molar-refractivity contribution in [3.8, 4) is 0 Å². The van der Waals surface area contributed by atoms with E-state index in [-0.39, 0.29) is 6.10 Å². The molecule has 20 heavy (non-hydrogen) atoms. The summed E-state index contributed by atoms with van der Waals surface area (Å²) in [5.41, 5.74) is 0.827. The molecule has 0 spiro atoms. The summed E-state index contributed by atoms with van der Waals surface area (Å²) in [5.74, 6) is 2.35. The van der Waals surface area contributed by atoms with Crippen LogP contribution < -0.4 is 0 Å². The molecule has 1 atom stereocenters. The third-order valence-corrected chi connectivity index (χ3v) is 3.55. The van der Waals surface area contributed by atoms with E-state index < -0.39 is 0 Å². The van der Waals surface area contributed by atoms with E-state index >= 15 is 0 Å². The molecule has 3 rings (SSSR count). The number of aromatic nitrogens is 6. The third kappa shape index (κ3) is 3.04. The SMILES string of the molecule is CC(C)c1n[nH]c(Cn2cc(CC(O)C3CC3)nn2)n1. The molecule has 0 saturated heterocycles. The Bertz CT molecular complexity index is 571. The molecule has 1 saturated carbocycles. The summed E-state index contributed by atoms with van der Waals surface area (Å²) in [7, 11) is 0. The van der Waals surface area contributed by atoms with Crippen molar-refractivity contribution >= 4 is 0 Å². The first kappa shape index (κ1) is 13.2. The van der Waals surface area contributed by atoms with Crippen molar-refractivity contribution in [2.45, 2.75) is 51.7 Å². The summed E-state index contributed by atoms with van der Waals surface area (Å²) in [5, 5.41) is 25.1. The lowest BCUT2D eigenvalue weighted by Gasteiger charge is -2.04. The Kier molecular flexibility index (Phi) is 3.52. The quantitative estimate of drug-likeness (QED) is 0.817. The minimum Gasteiger partial charge on any atom is -0.392 e. The van der Waals surface area contributed by atoms with E-state index in [9.17, 15) is 5.11 Å². The van der Waals surface area contributed by atoms with Crippen molar-refractivity contribution in [2.24, 2.45) is 5.92 Å². The van der Waals surface area contributed by atoms with Gasteiger partial charge in [-0.15, -0.1) is 5.10 Å². The van der Waals surface area contributed by atoms with Crippen LogP contribution in [0.15, 0.2) is 6.20 Å². The molecule has 1 aliphatic carbocycles. The zero-order valence-electron chi connectivity index (χ0n) is 11.8. The van der Waals surface area contributed by atoms with Gasteiger partial charge in [-0.3, -0.25) is 5.10 Å². The summed E-state index contributed by atoms with van der Waals surface area (Å²) in [6.45, 7) is 4.63. The van der Waals surface area contributed by atoms with E-state index in [0.717, 1.165) is 30.2 Å². The maximum atomic E-state index is 9.90. The number of nitrogens with zero attached hydrogens (tertiary/aromatic N) is 5. The molecule has 7 heteroatoms. The number of aliphatic hydroxyl groups excluding tert-OH is 1. The Balaban J connectivity index is 1.61. The van der Waals surface area contributed by atoms with E-state index in [1.165, 1.54) is 0 Å². The maximum absolute atomic E-state index is 9.90. The lowest BCUT2D eigenvalue weighted by Crippen LogP contribution is -2.12. The van der Waals surface area contributed by atoms with Gasteiger partial charge in [-0.2, -0.15) is 5.10 Å². The summed E-state index contributed by atoms with van der Waals surface area (Å²) >= 11 is 0. The summed E-state index contributed by atoms with van der Waals surface area (Å²) < 4.78 is 1.72. The van der Waals surface area contributed by atoms with Crippen LogP contribution in [0.3, 0.4) is 0 Å². The molecule has 0 amide bonds. The molecule has 0 bridgehead atoms. The lowest BCUT2D eigenvalue weighted by atomic mass is 10.1. The van der Waals surface area contributed by atoms with Crippen molar-refractivity contribution in [1.29, 1.82) is 0 Å². The van der Waals surface area contributed by atoms with Gasteiger partial charge in [0, 0.05) is 18.5 Å². The van der Waals surface area contributed by atoms with Gasteiger partial charge in [0.2, 0.25) is 0 Å². The number of aliphatic hydroxyl groups is 1. The van der Waals surface area contributed by atoms with Crippen LogP contribution in [0.5, 0.6) is 0 Å². The zero-order chi connectivity index (χ0) is 14.1. The van der Waals surface area contributed by atoms with Gasteiger partial charge in [-0.1, -0.05) is 19.1 Å². The minimum absolute atomic E-state index is 0.280. The molecule has 2 heterocycles. The van der Waals surface area contributed by atoms with E-state index in [1.54, 1.807) is 4.68 Å². The van der Waals surface area contributed by atoms with Crippen molar-refractivity contribution in [3.05, 3.63) is 23.5 Å². The van der Waals surface area contributed by atoms with Gasteiger partial charge in [-0.25, -0.2) is 9.67 Å². The van der Waals surface area contributed by atoms with Crippen LogP contribution in [-0.4, -0.2) is 41.4 Å². The molecule has 0 aromatic carbocycles. The largest absolute Gasteiger partial charge is 0.392 e. The zero-order valence-corrected chi connectivity index (χ0v) is 11.8. The Morgan fingerprint density at radius 3 is 2.90 bits per heavy atom. The molecule has 7 nitrogen and oxygen atoms in total. The fraction of sp³-hybridized carbons (Fsp3) is 0.692. The number of H-pyrrole nitrogens is 1. The molecule has 1 aliphatic rings. The van der Waals surface area contributed by atoms with Crippen LogP contribution in [0.4, 0.5) is 0 Å². The minimum atomic E-state index is -0.280. The second-order valence-electron chi connectivity index (χ2n) is 5.81. The lowest BCUT2D eigenvalue weighted by molar-refractivity contribution is 0.150. The van der Waals surface area contributed by atoms with E-state index in [1.807, 2.05) is 6.20 Å². The summed E-state index contributed by atoms with van der Waals surface area (Å²) in [6, 6.07) is 0. The number of rotatable bonds is 6. The Morgan fingerprint density at radius 2 is 2.25 bits per heavy atom. The molecule has 108 valence electrons. The maximum Gasteiger partial charge on any atom is 0.153 e. The first-order valence-electron chi connectivity index (χ1n) is 7.10. The predicted octanol–water partition coefficient (Wildman–Crippen LogP) is 0.881. The standard InChI is InChI=1S/C13H20N6O/c1-8(2)13-14-12(16-17-13)7-19-6-10(15-18-19)5-11(20)9-3-4-9/h6,8-9,11,20H,3-5,7H2,1-2H3,(H,14,16,17). The Hall–Kier alpha value is -1.76. The molecule has 1 unspecified atom stereocenters. The second-order valence-corrected chi connectivity index (χ2v) is 5.81. The number of nitrogens with one attached hydrogen (secondary N) is 1. The van der Waals surface area contributed by atoms with E-state index in [0.29, 0.717) is 24.8 Å². The topological polar surface area (TPSA) is 92.5 Å². The fourth-order valence-electron chi connectivity index (χ4n) is 2.16. The van der Waals surface area contributed by atoms with Crippen molar-refractivity contribution in [1.82, 2.24) is 30.2 Å². The predicted molar refractivity (Wildman–Crippen MR) is 72.0 cm³/mol. The molecule has 2 aromatic heterocycles. The van der Waals surface area contributed by atoms with Crippen LogP contribution in [0.2, 0.25) is 0 Å². The monoisotopic (exact) mass is 276 g/mol. The van der Waals surface area contributed by atoms with Crippen LogP contribution in [0.1, 0.15) is 49.9 Å². The highest BCUT2D eigenvalue weighted by atomic mass is 16.3. The molecule has 2 N–H and O–H groups in total. The molecule has 1 fully saturated rings. The number of aromatic amines is 1. The van der Waals surface area contributed by atoms with Crippen molar-refractivity contribution in [2.75, 3.05) is 0 Å². The highest BCUT2D eigenvalue weighted by Crippen LogP contribution is 2.33. The van der Waals surface area contributed by atoms with Gasteiger partial charge in [0.1, 0.15) is 12.4 Å². The summed E-state index contributed by atoms with van der Waals surface area (Å²) in [6.07, 6.45) is 4.43. The highest BCUT2D eigenvalue weighted by Gasteiger charge is 2.30.